The molecule has 1 N–H and O–H groups in total. The number of pyridine rings is 1. The highest BCUT2D eigenvalue weighted by molar-refractivity contribution is 5.91. The minimum Gasteiger partial charge on any atom is -0.406 e. The number of aromatic nitrogens is 1. The van der Waals surface area contributed by atoms with Gasteiger partial charge in [0.25, 0.3) is 0 Å². The van der Waals surface area contributed by atoms with Crippen molar-refractivity contribution in [3.05, 3.63) is 53.7 Å². The van der Waals surface area contributed by atoms with Gasteiger partial charge in [0.2, 0.25) is 5.91 Å². The Hall–Kier alpha value is -3.01. The minimum atomic E-state index is -4.77. The maximum atomic E-state index is 12.2. The Morgan fingerprint density at radius 2 is 2.09 bits per heavy atom. The van der Waals surface area contributed by atoms with E-state index in [0.29, 0.717) is 16.9 Å². The zero-order chi connectivity index (χ0) is 16.9. The Balaban J connectivity index is 1.99. The topological polar surface area (TPSA) is 51.2 Å². The number of amides is 1. The van der Waals surface area contributed by atoms with Crippen LogP contribution in [0.25, 0.3) is 0 Å². The number of alkyl halides is 3. The number of rotatable bonds is 4. The molecule has 0 bridgehead atoms. The second-order valence-corrected chi connectivity index (χ2v) is 4.50. The highest BCUT2D eigenvalue weighted by Crippen LogP contribution is 2.23. The fraction of sp³-hybridized carbons (Fsp3) is 0.125. The molecule has 2 aromatic rings. The zero-order valence-electron chi connectivity index (χ0n) is 11.7. The van der Waals surface area contributed by atoms with Crippen molar-refractivity contribution >= 4 is 11.7 Å². The molecule has 0 spiro atoms. The first-order valence-electron chi connectivity index (χ1n) is 6.43. The Labute approximate surface area is 130 Å². The molecule has 2 rings (SSSR count). The first-order chi connectivity index (χ1) is 10.9. The van der Waals surface area contributed by atoms with Crippen LogP contribution >= 0.6 is 0 Å². The van der Waals surface area contributed by atoms with E-state index < -0.39 is 12.3 Å². The fourth-order valence-electron chi connectivity index (χ4n) is 1.78. The molecule has 0 unspecified atom stereocenters. The molecule has 118 valence electrons. The molecule has 0 radical (unpaired) electrons. The standard InChI is InChI=1S/C16H11F3N2O2/c1-2-11-6-7-14(20-10-11)21-15(22)9-12-4-3-5-13(8-12)23-16(17,18)19/h1,3-8,10H,9H2,(H,20,21,22). The van der Waals surface area contributed by atoms with Gasteiger partial charge in [-0.1, -0.05) is 18.1 Å². The SMILES string of the molecule is C#Cc1ccc(NC(=O)Cc2cccc(OC(F)(F)F)c2)nc1. The summed E-state index contributed by atoms with van der Waals surface area (Å²) < 4.78 is 40.3. The average Bonchev–Trinajstić information content (AvgIpc) is 2.46. The fourth-order valence-corrected chi connectivity index (χ4v) is 1.78. The van der Waals surface area contributed by atoms with Crippen LogP contribution in [0, 0.1) is 12.3 Å². The Morgan fingerprint density at radius 3 is 2.70 bits per heavy atom. The van der Waals surface area contributed by atoms with Crippen molar-refractivity contribution < 1.29 is 22.7 Å². The minimum absolute atomic E-state index is 0.117. The van der Waals surface area contributed by atoms with Crippen LogP contribution in [0.15, 0.2) is 42.6 Å². The number of terminal acetylenes is 1. The van der Waals surface area contributed by atoms with Crippen molar-refractivity contribution in [1.29, 1.82) is 0 Å². The largest absolute Gasteiger partial charge is 0.573 e. The molecular formula is C16H11F3N2O2. The van der Waals surface area contributed by atoms with E-state index in [0.717, 1.165) is 12.1 Å². The Bertz CT molecular complexity index is 734. The number of halogens is 3. The summed E-state index contributed by atoms with van der Waals surface area (Å²) in [6.07, 6.45) is 1.72. The van der Waals surface area contributed by atoms with Crippen LogP contribution in [0.4, 0.5) is 19.0 Å². The van der Waals surface area contributed by atoms with Gasteiger partial charge in [0.15, 0.2) is 0 Å². The summed E-state index contributed by atoms with van der Waals surface area (Å²) in [5, 5.41) is 2.53. The van der Waals surface area contributed by atoms with Crippen molar-refractivity contribution in [3.8, 4) is 18.1 Å². The number of nitrogens with zero attached hydrogens (tertiary/aromatic N) is 1. The Morgan fingerprint density at radius 1 is 1.30 bits per heavy atom. The van der Waals surface area contributed by atoms with Crippen LogP contribution in [0.2, 0.25) is 0 Å². The summed E-state index contributed by atoms with van der Waals surface area (Å²) in [7, 11) is 0. The van der Waals surface area contributed by atoms with Crippen molar-refractivity contribution in [2.75, 3.05) is 5.32 Å². The van der Waals surface area contributed by atoms with Crippen LogP contribution in [-0.2, 0) is 11.2 Å². The lowest BCUT2D eigenvalue weighted by molar-refractivity contribution is -0.274. The number of hydrogen-bond donors (Lipinski definition) is 1. The normalized spacial score (nSPS) is 10.7. The lowest BCUT2D eigenvalue weighted by Gasteiger charge is -2.10. The van der Waals surface area contributed by atoms with E-state index in [9.17, 15) is 18.0 Å². The van der Waals surface area contributed by atoms with E-state index in [1.807, 2.05) is 0 Å². The van der Waals surface area contributed by atoms with Crippen molar-refractivity contribution in [2.24, 2.45) is 0 Å². The maximum Gasteiger partial charge on any atom is 0.573 e. The van der Waals surface area contributed by atoms with E-state index in [2.05, 4.69) is 21.0 Å². The van der Waals surface area contributed by atoms with Crippen molar-refractivity contribution in [3.63, 3.8) is 0 Å². The van der Waals surface area contributed by atoms with Gasteiger partial charge in [-0.25, -0.2) is 4.98 Å². The van der Waals surface area contributed by atoms with Gasteiger partial charge in [-0.05, 0) is 29.8 Å². The summed E-state index contributed by atoms with van der Waals surface area (Å²) >= 11 is 0. The van der Waals surface area contributed by atoms with Gasteiger partial charge in [0, 0.05) is 11.8 Å². The molecule has 0 aliphatic carbocycles. The molecule has 0 fully saturated rings. The highest BCUT2D eigenvalue weighted by atomic mass is 19.4. The number of benzene rings is 1. The van der Waals surface area contributed by atoms with E-state index in [1.165, 1.54) is 24.4 Å². The molecule has 0 saturated carbocycles. The second kappa shape index (κ2) is 6.83. The molecule has 1 heterocycles. The van der Waals surface area contributed by atoms with E-state index in [4.69, 9.17) is 6.42 Å². The number of hydrogen-bond acceptors (Lipinski definition) is 3. The number of carbonyl (C=O) groups is 1. The molecule has 1 aromatic heterocycles. The molecule has 0 aliphatic heterocycles. The molecule has 1 amide bonds. The molecule has 1 aromatic carbocycles. The summed E-state index contributed by atoms with van der Waals surface area (Å²) in [5.41, 5.74) is 0.949. The quantitative estimate of drug-likeness (QED) is 0.881. The van der Waals surface area contributed by atoms with Crippen LogP contribution in [0.5, 0.6) is 5.75 Å². The second-order valence-electron chi connectivity index (χ2n) is 4.50. The zero-order valence-corrected chi connectivity index (χ0v) is 11.7. The molecule has 7 heteroatoms. The third-order valence-electron chi connectivity index (χ3n) is 2.69. The van der Waals surface area contributed by atoms with Gasteiger partial charge >= 0.3 is 6.36 Å². The lowest BCUT2D eigenvalue weighted by Crippen LogP contribution is -2.18. The van der Waals surface area contributed by atoms with Gasteiger partial charge in [0.1, 0.15) is 11.6 Å². The van der Waals surface area contributed by atoms with Crippen molar-refractivity contribution in [2.45, 2.75) is 12.8 Å². The van der Waals surface area contributed by atoms with Crippen molar-refractivity contribution in [1.82, 2.24) is 4.98 Å². The highest BCUT2D eigenvalue weighted by Gasteiger charge is 2.31. The smallest absolute Gasteiger partial charge is 0.406 e. The van der Waals surface area contributed by atoms with E-state index in [-0.39, 0.29) is 12.2 Å². The Kier molecular flexibility index (Phi) is 4.86. The summed E-state index contributed by atoms with van der Waals surface area (Å²) in [6, 6.07) is 8.37. The summed E-state index contributed by atoms with van der Waals surface area (Å²) in [5.74, 6) is 1.90. The first kappa shape index (κ1) is 16.4. The summed E-state index contributed by atoms with van der Waals surface area (Å²) in [4.78, 5) is 15.8. The van der Waals surface area contributed by atoms with Gasteiger partial charge < -0.3 is 10.1 Å². The van der Waals surface area contributed by atoms with Crippen LogP contribution in [0.3, 0.4) is 0 Å². The van der Waals surface area contributed by atoms with Crippen LogP contribution in [-0.4, -0.2) is 17.3 Å². The van der Waals surface area contributed by atoms with E-state index in [1.54, 1.807) is 6.07 Å². The number of carbonyl (C=O) groups excluding carboxylic acids is 1. The number of anilines is 1. The van der Waals surface area contributed by atoms with Gasteiger partial charge in [-0.3, -0.25) is 4.79 Å². The van der Waals surface area contributed by atoms with Crippen LogP contribution < -0.4 is 10.1 Å². The molecule has 0 saturated heterocycles. The van der Waals surface area contributed by atoms with Gasteiger partial charge in [0.05, 0.1) is 6.42 Å². The maximum absolute atomic E-state index is 12.2. The lowest BCUT2D eigenvalue weighted by atomic mass is 10.1. The number of nitrogens with one attached hydrogen (secondary N) is 1. The molecular weight excluding hydrogens is 309 g/mol. The van der Waals surface area contributed by atoms with Crippen LogP contribution in [0.1, 0.15) is 11.1 Å². The predicted molar refractivity (Wildman–Crippen MR) is 77.6 cm³/mol. The third kappa shape index (κ3) is 5.36. The van der Waals surface area contributed by atoms with E-state index >= 15 is 0 Å². The van der Waals surface area contributed by atoms with Gasteiger partial charge in [-0.2, -0.15) is 0 Å². The molecule has 0 aliphatic rings. The number of ether oxygens (including phenoxy) is 1. The predicted octanol–water partition coefficient (Wildman–Crippen LogP) is 3.14. The average molecular weight is 320 g/mol. The monoisotopic (exact) mass is 320 g/mol. The molecule has 4 nitrogen and oxygen atoms in total. The summed E-state index contributed by atoms with van der Waals surface area (Å²) in [6.45, 7) is 0. The first-order valence-corrected chi connectivity index (χ1v) is 6.43. The third-order valence-corrected chi connectivity index (χ3v) is 2.69. The van der Waals surface area contributed by atoms with Gasteiger partial charge in [-0.15, -0.1) is 19.6 Å². The molecule has 23 heavy (non-hydrogen) atoms. The molecule has 0 atom stereocenters.